The summed E-state index contributed by atoms with van der Waals surface area (Å²) in [4.78, 5) is 20.1. The number of ether oxygens (including phenoxy) is 3. The Hall–Kier alpha value is -1.75. The first kappa shape index (κ1) is 27.4. The van der Waals surface area contributed by atoms with Crippen molar-refractivity contribution in [2.24, 2.45) is 17.8 Å². The first-order chi connectivity index (χ1) is 18.8. The molecule has 39 heavy (non-hydrogen) atoms. The quantitative estimate of drug-likeness (QED) is 0.594. The van der Waals surface area contributed by atoms with Crippen LogP contribution in [0.1, 0.15) is 68.2 Å². The van der Waals surface area contributed by atoms with Gasteiger partial charge in [0, 0.05) is 63.1 Å². The van der Waals surface area contributed by atoms with E-state index in [1.165, 1.54) is 32.1 Å². The third-order valence-corrected chi connectivity index (χ3v) is 9.89. The molecule has 4 fully saturated rings. The van der Waals surface area contributed by atoms with Gasteiger partial charge in [0.25, 0.3) is 0 Å². The second-order valence-electron chi connectivity index (χ2n) is 12.1. The monoisotopic (exact) mass is 551 g/mol. The largest absolute Gasteiger partial charge is 0.417 e. The maximum Gasteiger partial charge on any atom is 0.417 e. The predicted octanol–water partition coefficient (Wildman–Crippen LogP) is 4.12. The summed E-state index contributed by atoms with van der Waals surface area (Å²) in [6.07, 6.45) is 5.67. The number of nitrogens with zero attached hydrogens (tertiary/aromatic N) is 2. The predicted molar refractivity (Wildman–Crippen MR) is 137 cm³/mol. The summed E-state index contributed by atoms with van der Waals surface area (Å²) in [6.45, 7) is 1.80. The molecule has 6 rings (SSSR count). The Labute approximate surface area is 228 Å². The molecule has 0 radical (unpaired) electrons. The Morgan fingerprint density at radius 2 is 1.95 bits per heavy atom. The van der Waals surface area contributed by atoms with Crippen LogP contribution in [-0.2, 0) is 38.1 Å². The lowest BCUT2D eigenvalue weighted by atomic mass is 9.80. The van der Waals surface area contributed by atoms with Crippen molar-refractivity contribution in [1.29, 1.82) is 0 Å². The van der Waals surface area contributed by atoms with E-state index in [2.05, 4.69) is 10.3 Å². The fraction of sp³-hybridized carbons (Fsp3) is 0.793. The number of hydrogen-bond donors (Lipinski definition) is 1. The maximum absolute atomic E-state index is 14.3. The van der Waals surface area contributed by atoms with E-state index in [0.29, 0.717) is 43.4 Å². The molecule has 3 aliphatic heterocycles. The highest BCUT2D eigenvalue weighted by atomic mass is 19.4. The van der Waals surface area contributed by atoms with Gasteiger partial charge < -0.3 is 24.4 Å². The zero-order valence-electron chi connectivity index (χ0n) is 22.6. The van der Waals surface area contributed by atoms with Crippen molar-refractivity contribution < 1.29 is 32.2 Å². The van der Waals surface area contributed by atoms with Crippen LogP contribution in [0, 0.1) is 17.8 Å². The van der Waals surface area contributed by atoms with Gasteiger partial charge in [-0.2, -0.15) is 13.2 Å². The minimum absolute atomic E-state index is 0.0250. The smallest absolute Gasteiger partial charge is 0.379 e. The maximum atomic E-state index is 14.3. The number of fused-ring (bicyclic) bond motifs is 2. The minimum Gasteiger partial charge on any atom is -0.379 e. The Bertz CT molecular complexity index is 1030. The number of carbonyl (C=O) groups is 1. The summed E-state index contributed by atoms with van der Waals surface area (Å²) in [5.41, 5.74) is 0.383. The molecule has 0 spiro atoms. The first-order valence-corrected chi connectivity index (χ1v) is 14.7. The number of methoxy groups -OCH3 is 1. The van der Waals surface area contributed by atoms with Crippen LogP contribution in [0.2, 0.25) is 0 Å². The van der Waals surface area contributed by atoms with Gasteiger partial charge in [-0.05, 0) is 49.7 Å². The van der Waals surface area contributed by atoms with Crippen molar-refractivity contribution in [3.63, 3.8) is 0 Å². The second-order valence-corrected chi connectivity index (χ2v) is 12.1. The van der Waals surface area contributed by atoms with Crippen LogP contribution in [0.4, 0.5) is 13.2 Å². The van der Waals surface area contributed by atoms with Gasteiger partial charge in [0.1, 0.15) is 0 Å². The number of pyridine rings is 1. The molecule has 216 valence electrons. The Morgan fingerprint density at radius 3 is 2.72 bits per heavy atom. The molecule has 7 nitrogen and oxygen atoms in total. The number of alkyl halides is 3. The summed E-state index contributed by atoms with van der Waals surface area (Å²) in [5, 5.41) is 3.77. The standard InChI is InChI=1S/C29H40F3N3O4/c1-37-26-16-38-10-8-22(26)34-23-13-25-20(12-24(39-25)17-5-3-2-4-6-17)27(23)28(36)35-9-7-21-18(15-35)11-19(14-33-21)29(30,31)32/h11,14,17,20,22-27,34H,2-10,12-13,15-16H2,1H3/t20-,22?,23-,24?,25-,26?,27+/m1/s1. The van der Waals surface area contributed by atoms with E-state index < -0.39 is 11.7 Å². The molecule has 10 heteroatoms. The number of carbonyl (C=O) groups excluding carboxylic acids is 1. The Balaban J connectivity index is 1.22. The fourth-order valence-electron chi connectivity index (χ4n) is 7.83. The molecule has 0 bridgehead atoms. The number of aromatic nitrogens is 1. The van der Waals surface area contributed by atoms with Gasteiger partial charge in [0.05, 0.1) is 36.4 Å². The van der Waals surface area contributed by atoms with Crippen LogP contribution < -0.4 is 5.32 Å². The zero-order chi connectivity index (χ0) is 27.1. The highest BCUT2D eigenvalue weighted by molar-refractivity contribution is 5.81. The third-order valence-electron chi connectivity index (χ3n) is 9.89. The van der Waals surface area contributed by atoms with Crippen molar-refractivity contribution in [3.05, 3.63) is 29.1 Å². The molecule has 1 aromatic heterocycles. The summed E-state index contributed by atoms with van der Waals surface area (Å²) in [7, 11) is 1.69. The molecule has 2 saturated heterocycles. The van der Waals surface area contributed by atoms with Crippen LogP contribution >= 0.6 is 0 Å². The molecule has 1 amide bonds. The number of hydrogen-bond acceptors (Lipinski definition) is 6. The van der Waals surface area contributed by atoms with E-state index in [-0.39, 0.29) is 54.7 Å². The summed E-state index contributed by atoms with van der Waals surface area (Å²) in [5.74, 6) is 0.429. The number of amides is 1. The van der Waals surface area contributed by atoms with Crippen molar-refractivity contribution >= 4 is 5.91 Å². The molecule has 4 heterocycles. The highest BCUT2D eigenvalue weighted by Gasteiger charge is 2.55. The van der Waals surface area contributed by atoms with Gasteiger partial charge in [-0.1, -0.05) is 19.3 Å². The van der Waals surface area contributed by atoms with Gasteiger partial charge in [0.2, 0.25) is 5.91 Å². The van der Waals surface area contributed by atoms with Crippen molar-refractivity contribution in [3.8, 4) is 0 Å². The van der Waals surface area contributed by atoms with E-state index in [9.17, 15) is 18.0 Å². The van der Waals surface area contributed by atoms with Gasteiger partial charge in [-0.3, -0.25) is 9.78 Å². The molecule has 7 atom stereocenters. The Morgan fingerprint density at radius 1 is 1.13 bits per heavy atom. The Kier molecular flexibility index (Phi) is 7.92. The molecule has 1 aromatic rings. The molecule has 5 aliphatic rings. The van der Waals surface area contributed by atoms with Gasteiger partial charge in [0.15, 0.2) is 0 Å². The van der Waals surface area contributed by atoms with E-state index in [1.54, 1.807) is 12.0 Å². The summed E-state index contributed by atoms with van der Waals surface area (Å²) >= 11 is 0. The molecular weight excluding hydrogens is 511 g/mol. The number of halogens is 3. The van der Waals surface area contributed by atoms with Crippen molar-refractivity contribution in [1.82, 2.24) is 15.2 Å². The average Bonchev–Trinajstić information content (AvgIpc) is 3.50. The normalized spacial score (nSPS) is 35.6. The second kappa shape index (κ2) is 11.3. The molecule has 0 aromatic carbocycles. The van der Waals surface area contributed by atoms with Crippen LogP contribution in [0.3, 0.4) is 0 Å². The van der Waals surface area contributed by atoms with Gasteiger partial charge in [-0.25, -0.2) is 0 Å². The molecule has 2 saturated carbocycles. The average molecular weight is 552 g/mol. The van der Waals surface area contributed by atoms with Crippen LogP contribution in [0.15, 0.2) is 12.3 Å². The summed E-state index contributed by atoms with van der Waals surface area (Å²) in [6, 6.07) is 1.18. The molecular formula is C29H40F3N3O4. The molecule has 1 N–H and O–H groups in total. The van der Waals surface area contributed by atoms with Gasteiger partial charge >= 0.3 is 6.18 Å². The first-order valence-electron chi connectivity index (χ1n) is 14.7. The number of nitrogens with one attached hydrogen (secondary N) is 1. The van der Waals surface area contributed by atoms with E-state index in [0.717, 1.165) is 31.5 Å². The molecule has 3 unspecified atom stereocenters. The van der Waals surface area contributed by atoms with E-state index >= 15 is 0 Å². The third kappa shape index (κ3) is 5.59. The van der Waals surface area contributed by atoms with Crippen LogP contribution in [0.5, 0.6) is 0 Å². The highest BCUT2D eigenvalue weighted by Crippen LogP contribution is 2.48. The zero-order valence-corrected chi connectivity index (χ0v) is 22.6. The van der Waals surface area contributed by atoms with Crippen LogP contribution in [0.25, 0.3) is 0 Å². The SMILES string of the molecule is COC1COCCC1N[C@@H]1C[C@H]2OC(C3CCCCC3)C[C@H]2[C@@H]1C(=O)N1CCc2ncc(C(F)(F)F)cc2C1. The molecule has 2 aliphatic carbocycles. The topological polar surface area (TPSA) is 72.9 Å². The van der Waals surface area contributed by atoms with Crippen LogP contribution in [-0.4, -0.2) is 73.1 Å². The van der Waals surface area contributed by atoms with Crippen molar-refractivity contribution in [2.45, 2.75) is 101 Å². The van der Waals surface area contributed by atoms with E-state index in [4.69, 9.17) is 14.2 Å². The summed E-state index contributed by atoms with van der Waals surface area (Å²) < 4.78 is 58.1. The van der Waals surface area contributed by atoms with E-state index in [1.807, 2.05) is 0 Å². The fourth-order valence-corrected chi connectivity index (χ4v) is 7.83. The number of rotatable bonds is 5. The van der Waals surface area contributed by atoms with Gasteiger partial charge in [-0.15, -0.1) is 0 Å². The lowest BCUT2D eigenvalue weighted by Gasteiger charge is -2.38. The lowest BCUT2D eigenvalue weighted by Crippen LogP contribution is -2.55. The lowest BCUT2D eigenvalue weighted by molar-refractivity contribution is -0.139. The van der Waals surface area contributed by atoms with Crippen molar-refractivity contribution in [2.75, 3.05) is 26.9 Å². The minimum atomic E-state index is -4.46.